The second-order valence-electron chi connectivity index (χ2n) is 2.29. The lowest BCUT2D eigenvalue weighted by Gasteiger charge is -2.04. The molecule has 0 saturated carbocycles. The second-order valence-corrected chi connectivity index (χ2v) is 2.29. The van der Waals surface area contributed by atoms with Crippen molar-refractivity contribution in [1.82, 2.24) is 5.32 Å². The topological polar surface area (TPSA) is 64.6 Å². The number of rotatable bonds is 2. The number of carbonyl (C=O) groups is 2. The van der Waals surface area contributed by atoms with Gasteiger partial charge in [0, 0.05) is 13.0 Å². The van der Waals surface area contributed by atoms with Crippen molar-refractivity contribution in [3.05, 3.63) is 0 Å². The van der Waals surface area contributed by atoms with E-state index in [1.165, 1.54) is 7.05 Å². The highest BCUT2D eigenvalue weighted by molar-refractivity contribution is 5.88. The van der Waals surface area contributed by atoms with Crippen LogP contribution >= 0.6 is 0 Å². The van der Waals surface area contributed by atoms with E-state index in [0.717, 1.165) is 0 Å². The maximum Gasteiger partial charge on any atom is 0.408 e. The molecule has 14 heavy (non-hydrogen) atoms. The molecule has 0 heterocycles. The van der Waals surface area contributed by atoms with Crippen LogP contribution < -0.4 is 5.32 Å². The van der Waals surface area contributed by atoms with Crippen molar-refractivity contribution in [2.24, 2.45) is 0 Å². The summed E-state index contributed by atoms with van der Waals surface area (Å²) in [6, 6.07) is 0. The molecule has 0 aromatic heterocycles. The van der Waals surface area contributed by atoms with Crippen LogP contribution in [0.4, 0.5) is 4.79 Å². The maximum atomic E-state index is 10.8. The molecule has 0 aliphatic carbocycles. The Morgan fingerprint density at radius 2 is 2.14 bits per heavy atom. The smallest absolute Gasteiger partial charge is 0.408 e. The fraction of sp³-hybridized carbons (Fsp3) is 0.556. The van der Waals surface area contributed by atoms with Crippen molar-refractivity contribution in [3.8, 4) is 11.8 Å². The van der Waals surface area contributed by atoms with Crippen molar-refractivity contribution in [2.45, 2.75) is 20.0 Å². The number of ether oxygens (including phenoxy) is 2. The van der Waals surface area contributed by atoms with E-state index >= 15 is 0 Å². The van der Waals surface area contributed by atoms with Crippen LogP contribution in [0.5, 0.6) is 0 Å². The number of nitrogens with one attached hydrogen (secondary N) is 1. The van der Waals surface area contributed by atoms with Gasteiger partial charge >= 0.3 is 12.1 Å². The monoisotopic (exact) mass is 199 g/mol. The van der Waals surface area contributed by atoms with Gasteiger partial charge in [0.2, 0.25) is 0 Å². The van der Waals surface area contributed by atoms with Crippen molar-refractivity contribution in [1.29, 1.82) is 0 Å². The minimum absolute atomic E-state index is 0.276. The Labute approximate surface area is 82.8 Å². The Balaban J connectivity index is 3.97. The van der Waals surface area contributed by atoms with Crippen LogP contribution in [0.3, 0.4) is 0 Å². The third-order valence-electron chi connectivity index (χ3n) is 1.14. The fourth-order valence-electron chi connectivity index (χ4n) is 0.577. The summed E-state index contributed by atoms with van der Waals surface area (Å²) in [5.41, 5.74) is 0. The summed E-state index contributed by atoms with van der Waals surface area (Å²) in [6.45, 7) is 3.52. The average Bonchev–Trinajstić information content (AvgIpc) is 2.15. The summed E-state index contributed by atoms with van der Waals surface area (Å²) in [5.74, 6) is 4.00. The highest BCUT2D eigenvalue weighted by Gasteiger charge is 2.03. The lowest BCUT2D eigenvalue weighted by atomic mass is 10.4. The van der Waals surface area contributed by atoms with Crippen molar-refractivity contribution >= 4 is 12.1 Å². The van der Waals surface area contributed by atoms with Gasteiger partial charge in [-0.2, -0.15) is 0 Å². The van der Waals surface area contributed by atoms with E-state index in [-0.39, 0.29) is 6.61 Å². The molecule has 1 amide bonds. The molecule has 1 atom stereocenters. The lowest BCUT2D eigenvalue weighted by Crippen LogP contribution is -2.23. The molecular formula is C9H13NO4. The van der Waals surface area contributed by atoms with Crippen LogP contribution in [0.15, 0.2) is 0 Å². The zero-order valence-corrected chi connectivity index (χ0v) is 8.42. The molecule has 0 aliphatic heterocycles. The maximum absolute atomic E-state index is 10.8. The summed E-state index contributed by atoms with van der Waals surface area (Å²) in [5, 5.41) is 2.26. The van der Waals surface area contributed by atoms with Gasteiger partial charge in [0.1, 0.15) is 0 Å². The zero-order chi connectivity index (χ0) is 11.0. The summed E-state index contributed by atoms with van der Waals surface area (Å²) in [7, 11) is 1.44. The van der Waals surface area contributed by atoms with Gasteiger partial charge in [0.05, 0.1) is 6.61 Å². The molecule has 1 N–H and O–H groups in total. The van der Waals surface area contributed by atoms with Gasteiger partial charge < -0.3 is 14.8 Å². The molecule has 0 rings (SSSR count). The Morgan fingerprint density at radius 1 is 1.50 bits per heavy atom. The standard InChI is InChI=1S/C9H13NO4/c1-4-13-8(11)6-5-7(2)14-9(12)10-3/h7H,4H2,1-3H3,(H,10,12). The van der Waals surface area contributed by atoms with E-state index in [0.29, 0.717) is 0 Å². The van der Waals surface area contributed by atoms with Crippen LogP contribution in [-0.2, 0) is 14.3 Å². The normalized spacial score (nSPS) is 10.5. The zero-order valence-electron chi connectivity index (χ0n) is 8.42. The molecule has 0 aromatic carbocycles. The van der Waals surface area contributed by atoms with Crippen LogP contribution in [-0.4, -0.2) is 31.8 Å². The number of hydrogen-bond donors (Lipinski definition) is 1. The predicted octanol–water partition coefficient (Wildman–Crippen LogP) is 0.297. The largest absolute Gasteiger partial charge is 0.456 e. The van der Waals surface area contributed by atoms with Crippen LogP contribution in [0, 0.1) is 11.8 Å². The molecule has 0 fully saturated rings. The van der Waals surface area contributed by atoms with Crippen molar-refractivity contribution in [2.75, 3.05) is 13.7 Å². The Bertz CT molecular complexity index is 264. The van der Waals surface area contributed by atoms with Crippen molar-refractivity contribution in [3.63, 3.8) is 0 Å². The van der Waals surface area contributed by atoms with E-state index < -0.39 is 18.2 Å². The molecule has 78 valence electrons. The van der Waals surface area contributed by atoms with E-state index in [4.69, 9.17) is 4.74 Å². The summed E-state index contributed by atoms with van der Waals surface area (Å²) in [6.07, 6.45) is -1.23. The van der Waals surface area contributed by atoms with Crippen molar-refractivity contribution < 1.29 is 19.1 Å². The Morgan fingerprint density at radius 3 is 2.64 bits per heavy atom. The molecule has 0 radical (unpaired) electrons. The minimum Gasteiger partial charge on any atom is -0.456 e. The van der Waals surface area contributed by atoms with E-state index in [2.05, 4.69) is 21.9 Å². The predicted molar refractivity (Wildman–Crippen MR) is 49.4 cm³/mol. The number of esters is 1. The van der Waals surface area contributed by atoms with E-state index in [1.807, 2.05) is 0 Å². The number of alkyl carbamates (subject to hydrolysis) is 1. The number of carbonyl (C=O) groups excluding carboxylic acids is 2. The highest BCUT2D eigenvalue weighted by Crippen LogP contribution is 1.88. The number of amides is 1. The summed E-state index contributed by atoms with van der Waals surface area (Å²) >= 11 is 0. The molecule has 0 aliphatic rings. The van der Waals surface area contributed by atoms with Gasteiger partial charge in [-0.1, -0.05) is 0 Å². The van der Waals surface area contributed by atoms with Gasteiger partial charge in [-0.15, -0.1) is 0 Å². The van der Waals surface area contributed by atoms with Gasteiger partial charge in [-0.3, -0.25) is 0 Å². The molecule has 0 saturated heterocycles. The van der Waals surface area contributed by atoms with Gasteiger partial charge in [-0.25, -0.2) is 9.59 Å². The average molecular weight is 199 g/mol. The SMILES string of the molecule is CCOC(=O)C#CC(C)OC(=O)NC. The quantitative estimate of drug-likeness (QED) is 0.394. The molecule has 0 spiro atoms. The molecule has 0 aromatic rings. The third-order valence-corrected chi connectivity index (χ3v) is 1.14. The number of hydrogen-bond acceptors (Lipinski definition) is 4. The first-order valence-corrected chi connectivity index (χ1v) is 4.16. The molecular weight excluding hydrogens is 186 g/mol. The summed E-state index contributed by atoms with van der Waals surface area (Å²) in [4.78, 5) is 21.4. The van der Waals surface area contributed by atoms with Gasteiger partial charge in [-0.05, 0) is 19.8 Å². The van der Waals surface area contributed by atoms with Crippen LogP contribution in [0.25, 0.3) is 0 Å². The molecule has 1 unspecified atom stereocenters. The first-order valence-electron chi connectivity index (χ1n) is 4.16. The van der Waals surface area contributed by atoms with Gasteiger partial charge in [0.15, 0.2) is 6.10 Å². The summed E-state index contributed by atoms with van der Waals surface area (Å²) < 4.78 is 9.25. The minimum atomic E-state index is -0.639. The fourth-order valence-corrected chi connectivity index (χ4v) is 0.577. The third kappa shape index (κ3) is 5.89. The highest BCUT2D eigenvalue weighted by atomic mass is 16.6. The second kappa shape index (κ2) is 6.78. The first-order chi connectivity index (χ1) is 6.60. The first kappa shape index (κ1) is 12.3. The molecule has 5 nitrogen and oxygen atoms in total. The van der Waals surface area contributed by atoms with Gasteiger partial charge in [0.25, 0.3) is 0 Å². The molecule has 5 heteroatoms. The Kier molecular flexibility index (Phi) is 5.95. The Hall–Kier alpha value is -1.70. The van der Waals surface area contributed by atoms with E-state index in [9.17, 15) is 9.59 Å². The lowest BCUT2D eigenvalue weighted by molar-refractivity contribution is -0.136. The van der Waals surface area contributed by atoms with Crippen LogP contribution in [0.1, 0.15) is 13.8 Å². The van der Waals surface area contributed by atoms with Crippen LogP contribution in [0.2, 0.25) is 0 Å². The molecule has 0 bridgehead atoms. The van der Waals surface area contributed by atoms with E-state index in [1.54, 1.807) is 13.8 Å².